The van der Waals surface area contributed by atoms with Gasteiger partial charge in [-0.2, -0.15) is 0 Å². The van der Waals surface area contributed by atoms with Crippen molar-refractivity contribution in [3.05, 3.63) is 83.4 Å². The van der Waals surface area contributed by atoms with E-state index in [2.05, 4.69) is 25.8 Å². The molecule has 1 aromatic carbocycles. The second-order valence-corrected chi connectivity index (χ2v) is 8.55. The van der Waals surface area contributed by atoms with Crippen LogP contribution in [0.15, 0.2) is 60.9 Å². The molecule has 182 valence electrons. The van der Waals surface area contributed by atoms with Gasteiger partial charge in [-0.3, -0.25) is 14.6 Å². The summed E-state index contributed by atoms with van der Waals surface area (Å²) in [6.07, 6.45) is 4.80. The molecule has 0 radical (unpaired) electrons. The molecule has 2 aromatic heterocycles. The molecule has 0 aliphatic carbocycles. The second-order valence-electron chi connectivity index (χ2n) is 8.55. The molecule has 1 unspecified atom stereocenters. The minimum absolute atomic E-state index is 0.0508. The number of aromatic nitrogens is 2. The molecule has 8 nitrogen and oxygen atoms in total. The number of pyridine rings is 2. The summed E-state index contributed by atoms with van der Waals surface area (Å²) in [6.45, 7) is 3.76. The predicted octanol–water partition coefficient (Wildman–Crippen LogP) is 2.92. The molecular weight excluding hydrogens is 447 g/mol. The largest absolute Gasteiger partial charge is 0.369 e. The van der Waals surface area contributed by atoms with E-state index in [4.69, 9.17) is 4.98 Å². The molecule has 0 saturated carbocycles. The lowest BCUT2D eigenvalue weighted by Gasteiger charge is -2.20. The number of carbonyl (C=O) groups is 2. The average Bonchev–Trinajstić information content (AvgIpc) is 3.31. The van der Waals surface area contributed by atoms with E-state index in [0.717, 1.165) is 29.9 Å². The first-order chi connectivity index (χ1) is 17.0. The van der Waals surface area contributed by atoms with Crippen LogP contribution in [0.4, 0.5) is 16.0 Å². The van der Waals surface area contributed by atoms with Crippen molar-refractivity contribution in [3.8, 4) is 0 Å². The van der Waals surface area contributed by atoms with Crippen molar-refractivity contribution in [3.63, 3.8) is 0 Å². The van der Waals surface area contributed by atoms with Crippen molar-refractivity contribution >= 4 is 23.5 Å². The summed E-state index contributed by atoms with van der Waals surface area (Å²) in [6, 6.07) is 13.8. The zero-order chi connectivity index (χ0) is 24.6. The molecule has 35 heavy (non-hydrogen) atoms. The Labute approximate surface area is 204 Å². The molecule has 2 amide bonds. The standard InChI is InChI=1S/C26H29FN6O2/c1-18(34)31-22-10-13-33(17-22)24-8-7-23(26(35)30-16-20-5-3-11-28-15-20)25(32-24)29-12-9-19-4-2-6-21(27)14-19/h2-8,11,14-15,22H,9-10,12-13,16-17H2,1H3,(H,29,32)(H,30,35)(H,31,34). The molecule has 3 aromatic rings. The summed E-state index contributed by atoms with van der Waals surface area (Å²) in [4.78, 5) is 35.3. The number of halogens is 1. The zero-order valence-corrected chi connectivity index (χ0v) is 19.6. The van der Waals surface area contributed by atoms with Gasteiger partial charge in [0.1, 0.15) is 17.5 Å². The van der Waals surface area contributed by atoms with Crippen LogP contribution in [0.5, 0.6) is 0 Å². The summed E-state index contributed by atoms with van der Waals surface area (Å²) in [7, 11) is 0. The molecule has 3 N–H and O–H groups in total. The second kappa shape index (κ2) is 11.4. The highest BCUT2D eigenvalue weighted by Crippen LogP contribution is 2.23. The van der Waals surface area contributed by atoms with Gasteiger partial charge in [0, 0.05) is 51.5 Å². The Morgan fingerprint density at radius 2 is 2.00 bits per heavy atom. The van der Waals surface area contributed by atoms with Crippen molar-refractivity contribution < 1.29 is 14.0 Å². The molecule has 1 fully saturated rings. The van der Waals surface area contributed by atoms with Gasteiger partial charge in [-0.1, -0.05) is 18.2 Å². The highest BCUT2D eigenvalue weighted by molar-refractivity contribution is 5.99. The normalized spacial score (nSPS) is 15.0. The van der Waals surface area contributed by atoms with Gasteiger partial charge >= 0.3 is 0 Å². The van der Waals surface area contributed by atoms with E-state index in [9.17, 15) is 14.0 Å². The zero-order valence-electron chi connectivity index (χ0n) is 19.6. The predicted molar refractivity (Wildman–Crippen MR) is 133 cm³/mol. The number of carbonyl (C=O) groups excluding carboxylic acids is 2. The monoisotopic (exact) mass is 476 g/mol. The Hall–Kier alpha value is -4.01. The Morgan fingerprint density at radius 1 is 1.14 bits per heavy atom. The lowest BCUT2D eigenvalue weighted by atomic mass is 10.1. The number of nitrogens with zero attached hydrogens (tertiary/aromatic N) is 3. The molecule has 4 rings (SSSR count). The van der Waals surface area contributed by atoms with Gasteiger partial charge in [0.05, 0.1) is 5.56 Å². The van der Waals surface area contributed by atoms with Gasteiger partial charge in [0.15, 0.2) is 0 Å². The van der Waals surface area contributed by atoms with Gasteiger partial charge in [-0.05, 0) is 54.3 Å². The van der Waals surface area contributed by atoms with Crippen LogP contribution in [-0.2, 0) is 17.8 Å². The summed E-state index contributed by atoms with van der Waals surface area (Å²) < 4.78 is 13.5. The summed E-state index contributed by atoms with van der Waals surface area (Å²) in [5.74, 6) is 0.616. The Bertz CT molecular complexity index is 1170. The van der Waals surface area contributed by atoms with Crippen LogP contribution in [0.3, 0.4) is 0 Å². The van der Waals surface area contributed by atoms with Crippen molar-refractivity contribution in [1.29, 1.82) is 0 Å². The van der Waals surface area contributed by atoms with Gasteiger partial charge < -0.3 is 20.9 Å². The fraction of sp³-hybridized carbons (Fsp3) is 0.308. The topological polar surface area (TPSA) is 99.3 Å². The first-order valence-electron chi connectivity index (χ1n) is 11.7. The number of amides is 2. The third-order valence-corrected chi connectivity index (χ3v) is 5.82. The lowest BCUT2D eigenvalue weighted by Crippen LogP contribution is -2.35. The minimum Gasteiger partial charge on any atom is -0.369 e. The highest BCUT2D eigenvalue weighted by atomic mass is 19.1. The van der Waals surface area contributed by atoms with Crippen molar-refractivity contribution in [1.82, 2.24) is 20.6 Å². The van der Waals surface area contributed by atoms with Crippen molar-refractivity contribution in [2.75, 3.05) is 29.9 Å². The van der Waals surface area contributed by atoms with Crippen molar-refractivity contribution in [2.24, 2.45) is 0 Å². The van der Waals surface area contributed by atoms with E-state index in [-0.39, 0.29) is 23.7 Å². The molecule has 0 bridgehead atoms. The summed E-state index contributed by atoms with van der Waals surface area (Å²) in [5, 5.41) is 9.13. The van der Waals surface area contributed by atoms with E-state index in [1.54, 1.807) is 24.5 Å². The quantitative estimate of drug-likeness (QED) is 0.439. The van der Waals surface area contributed by atoms with Crippen LogP contribution in [0.2, 0.25) is 0 Å². The molecule has 1 aliphatic heterocycles. The van der Waals surface area contributed by atoms with Crippen LogP contribution in [0.25, 0.3) is 0 Å². The van der Waals surface area contributed by atoms with Gasteiger partial charge in [0.25, 0.3) is 5.91 Å². The first-order valence-corrected chi connectivity index (χ1v) is 11.7. The molecule has 1 saturated heterocycles. The maximum Gasteiger partial charge on any atom is 0.255 e. The van der Waals surface area contributed by atoms with Gasteiger partial charge in [-0.25, -0.2) is 9.37 Å². The van der Waals surface area contributed by atoms with Gasteiger partial charge in [0.2, 0.25) is 5.91 Å². The Balaban J connectivity index is 1.48. The van der Waals surface area contributed by atoms with E-state index in [1.165, 1.54) is 19.1 Å². The number of nitrogens with one attached hydrogen (secondary N) is 3. The van der Waals surface area contributed by atoms with E-state index < -0.39 is 0 Å². The number of hydrogen-bond donors (Lipinski definition) is 3. The van der Waals surface area contributed by atoms with E-state index in [1.807, 2.05) is 24.3 Å². The first kappa shape index (κ1) is 24.1. The molecule has 1 aliphatic rings. The third-order valence-electron chi connectivity index (χ3n) is 5.82. The Kier molecular flexibility index (Phi) is 7.87. The van der Waals surface area contributed by atoms with Gasteiger partial charge in [-0.15, -0.1) is 0 Å². The molecule has 3 heterocycles. The smallest absolute Gasteiger partial charge is 0.255 e. The summed E-state index contributed by atoms with van der Waals surface area (Å²) in [5.41, 5.74) is 2.18. The Morgan fingerprint density at radius 3 is 2.77 bits per heavy atom. The van der Waals surface area contributed by atoms with Crippen LogP contribution in [0, 0.1) is 5.82 Å². The highest BCUT2D eigenvalue weighted by Gasteiger charge is 2.25. The third kappa shape index (κ3) is 6.75. The maximum atomic E-state index is 13.5. The summed E-state index contributed by atoms with van der Waals surface area (Å²) >= 11 is 0. The fourth-order valence-electron chi connectivity index (χ4n) is 4.11. The SMILES string of the molecule is CC(=O)NC1CCN(c2ccc(C(=O)NCc3cccnc3)c(NCCc3cccc(F)c3)n2)C1. The van der Waals surface area contributed by atoms with E-state index in [0.29, 0.717) is 37.4 Å². The number of benzene rings is 1. The number of hydrogen-bond acceptors (Lipinski definition) is 6. The minimum atomic E-state index is -0.277. The lowest BCUT2D eigenvalue weighted by molar-refractivity contribution is -0.119. The number of rotatable bonds is 9. The molecule has 1 atom stereocenters. The van der Waals surface area contributed by atoms with Crippen molar-refractivity contribution in [2.45, 2.75) is 32.4 Å². The number of anilines is 2. The van der Waals surface area contributed by atoms with Crippen LogP contribution >= 0.6 is 0 Å². The molecule has 0 spiro atoms. The van der Waals surface area contributed by atoms with Crippen LogP contribution in [-0.4, -0.2) is 47.5 Å². The molecule has 9 heteroatoms. The van der Waals surface area contributed by atoms with Crippen LogP contribution < -0.4 is 20.9 Å². The van der Waals surface area contributed by atoms with Crippen LogP contribution in [0.1, 0.15) is 34.8 Å². The van der Waals surface area contributed by atoms with E-state index >= 15 is 0 Å². The maximum absolute atomic E-state index is 13.5. The molecular formula is C26H29FN6O2. The average molecular weight is 477 g/mol. The fourth-order valence-corrected chi connectivity index (χ4v) is 4.11.